The predicted molar refractivity (Wildman–Crippen MR) is 114 cm³/mol. The standard InChI is InChI=1S/C22H27N3O3S/c1-18(22(26)25-12-11-20-9-5-6-10-21(20)25)23-13-15-24(16-14-23)29(27,28)17-19-7-3-2-4-8-19/h2-10,18H,11-17H2,1H3/t18-/m1/s1. The zero-order valence-corrected chi connectivity index (χ0v) is 17.5. The van der Waals surface area contributed by atoms with Gasteiger partial charge in [0, 0.05) is 38.4 Å². The molecule has 1 fully saturated rings. The van der Waals surface area contributed by atoms with E-state index in [-0.39, 0.29) is 17.7 Å². The van der Waals surface area contributed by atoms with E-state index in [2.05, 4.69) is 11.0 Å². The van der Waals surface area contributed by atoms with Gasteiger partial charge in [-0.25, -0.2) is 8.42 Å². The van der Waals surface area contributed by atoms with Crippen molar-refractivity contribution in [3.8, 4) is 0 Å². The van der Waals surface area contributed by atoms with Crippen LogP contribution in [0.2, 0.25) is 0 Å². The van der Waals surface area contributed by atoms with Gasteiger partial charge < -0.3 is 4.90 Å². The molecule has 0 aromatic heterocycles. The molecule has 7 heteroatoms. The fourth-order valence-corrected chi connectivity index (χ4v) is 5.71. The van der Waals surface area contributed by atoms with E-state index in [0.717, 1.165) is 17.7 Å². The molecule has 29 heavy (non-hydrogen) atoms. The number of carbonyl (C=O) groups excluding carboxylic acids is 1. The summed E-state index contributed by atoms with van der Waals surface area (Å²) < 4.78 is 27.0. The maximum atomic E-state index is 13.1. The first kappa shape index (κ1) is 20.1. The maximum Gasteiger partial charge on any atom is 0.244 e. The van der Waals surface area contributed by atoms with E-state index in [1.807, 2.05) is 60.4 Å². The van der Waals surface area contributed by atoms with Crippen LogP contribution >= 0.6 is 0 Å². The van der Waals surface area contributed by atoms with Crippen molar-refractivity contribution in [1.29, 1.82) is 0 Å². The highest BCUT2D eigenvalue weighted by Crippen LogP contribution is 2.28. The van der Waals surface area contributed by atoms with Crippen molar-refractivity contribution in [2.45, 2.75) is 25.1 Å². The Morgan fingerprint density at radius 1 is 0.931 bits per heavy atom. The normalized spacial score (nSPS) is 19.1. The van der Waals surface area contributed by atoms with Crippen LogP contribution in [-0.4, -0.2) is 62.3 Å². The Morgan fingerprint density at radius 2 is 1.59 bits per heavy atom. The lowest BCUT2D eigenvalue weighted by Crippen LogP contribution is -2.55. The Labute approximate surface area is 172 Å². The zero-order valence-electron chi connectivity index (χ0n) is 16.7. The number of benzene rings is 2. The molecule has 1 atom stereocenters. The minimum atomic E-state index is -3.35. The molecule has 2 aliphatic rings. The van der Waals surface area contributed by atoms with E-state index in [1.165, 1.54) is 5.56 Å². The molecule has 1 saturated heterocycles. The fourth-order valence-electron chi connectivity index (χ4n) is 4.19. The van der Waals surface area contributed by atoms with Gasteiger partial charge in [0.05, 0.1) is 11.8 Å². The lowest BCUT2D eigenvalue weighted by atomic mass is 10.1. The molecular weight excluding hydrogens is 386 g/mol. The third-order valence-electron chi connectivity index (χ3n) is 5.92. The van der Waals surface area contributed by atoms with Crippen LogP contribution in [-0.2, 0) is 27.0 Å². The molecule has 2 aliphatic heterocycles. The van der Waals surface area contributed by atoms with E-state index in [0.29, 0.717) is 32.7 Å². The van der Waals surface area contributed by atoms with Crippen LogP contribution in [0.1, 0.15) is 18.1 Å². The molecule has 2 aromatic carbocycles. The van der Waals surface area contributed by atoms with Crippen molar-refractivity contribution in [1.82, 2.24) is 9.21 Å². The summed E-state index contributed by atoms with van der Waals surface area (Å²) in [6.07, 6.45) is 0.889. The van der Waals surface area contributed by atoms with Gasteiger partial charge in [-0.2, -0.15) is 4.31 Å². The van der Waals surface area contributed by atoms with E-state index in [9.17, 15) is 13.2 Å². The van der Waals surface area contributed by atoms with Crippen LogP contribution in [0.5, 0.6) is 0 Å². The summed E-state index contributed by atoms with van der Waals surface area (Å²) in [5.41, 5.74) is 3.02. The van der Waals surface area contributed by atoms with Gasteiger partial charge in [-0.1, -0.05) is 48.5 Å². The molecule has 0 N–H and O–H groups in total. The predicted octanol–water partition coefficient (Wildman–Crippen LogP) is 2.11. The number of anilines is 1. The molecule has 6 nitrogen and oxygen atoms in total. The van der Waals surface area contributed by atoms with Crippen LogP contribution < -0.4 is 4.90 Å². The van der Waals surface area contributed by atoms with Crippen molar-refractivity contribution in [3.63, 3.8) is 0 Å². The Kier molecular flexibility index (Phi) is 5.72. The molecule has 154 valence electrons. The highest BCUT2D eigenvalue weighted by atomic mass is 32.2. The van der Waals surface area contributed by atoms with E-state index >= 15 is 0 Å². The molecule has 0 aliphatic carbocycles. The molecular formula is C22H27N3O3S. The molecule has 0 bridgehead atoms. The first-order valence-electron chi connectivity index (χ1n) is 10.1. The molecule has 0 radical (unpaired) electrons. The summed E-state index contributed by atoms with van der Waals surface area (Å²) >= 11 is 0. The monoisotopic (exact) mass is 413 g/mol. The Bertz CT molecular complexity index is 970. The third-order valence-corrected chi connectivity index (χ3v) is 7.77. The van der Waals surface area contributed by atoms with E-state index in [4.69, 9.17) is 0 Å². The van der Waals surface area contributed by atoms with Gasteiger partial charge in [0.15, 0.2) is 0 Å². The van der Waals surface area contributed by atoms with Gasteiger partial charge in [0.1, 0.15) is 0 Å². The number of nitrogens with zero attached hydrogens (tertiary/aromatic N) is 3. The van der Waals surface area contributed by atoms with Crippen LogP contribution in [0.4, 0.5) is 5.69 Å². The third kappa shape index (κ3) is 4.22. The number of piperazine rings is 1. The van der Waals surface area contributed by atoms with E-state index in [1.54, 1.807) is 4.31 Å². The number of carbonyl (C=O) groups is 1. The second kappa shape index (κ2) is 8.26. The molecule has 2 heterocycles. The van der Waals surface area contributed by atoms with Crippen LogP contribution in [0.15, 0.2) is 54.6 Å². The fraction of sp³-hybridized carbons (Fsp3) is 0.409. The lowest BCUT2D eigenvalue weighted by molar-refractivity contribution is -0.123. The topological polar surface area (TPSA) is 60.9 Å². The summed E-state index contributed by atoms with van der Waals surface area (Å²) in [6.45, 7) is 4.62. The number of hydrogen-bond acceptors (Lipinski definition) is 4. The average Bonchev–Trinajstić information content (AvgIpc) is 3.17. The minimum absolute atomic E-state index is 0.0207. The number of rotatable bonds is 5. The Hall–Kier alpha value is -2.22. The minimum Gasteiger partial charge on any atom is -0.310 e. The largest absolute Gasteiger partial charge is 0.310 e. The highest BCUT2D eigenvalue weighted by Gasteiger charge is 2.34. The average molecular weight is 414 g/mol. The molecule has 0 unspecified atom stereocenters. The van der Waals surface area contributed by atoms with Crippen LogP contribution in [0, 0.1) is 0 Å². The number of fused-ring (bicyclic) bond motifs is 1. The number of hydrogen-bond donors (Lipinski definition) is 0. The molecule has 4 rings (SSSR count). The van der Waals surface area contributed by atoms with Crippen LogP contribution in [0.25, 0.3) is 0 Å². The summed E-state index contributed by atoms with van der Waals surface area (Å²) in [5, 5.41) is 0. The van der Waals surface area contributed by atoms with Gasteiger partial charge >= 0.3 is 0 Å². The summed E-state index contributed by atoms with van der Waals surface area (Å²) in [4.78, 5) is 17.0. The Balaban J connectivity index is 1.36. The van der Waals surface area contributed by atoms with Crippen molar-refractivity contribution in [2.75, 3.05) is 37.6 Å². The summed E-state index contributed by atoms with van der Waals surface area (Å²) in [6, 6.07) is 17.0. The zero-order chi connectivity index (χ0) is 20.4. The van der Waals surface area contributed by atoms with Gasteiger partial charge in [-0.05, 0) is 30.5 Å². The van der Waals surface area contributed by atoms with Gasteiger partial charge in [0.25, 0.3) is 0 Å². The molecule has 0 saturated carbocycles. The van der Waals surface area contributed by atoms with E-state index < -0.39 is 10.0 Å². The number of sulfonamides is 1. The van der Waals surface area contributed by atoms with Crippen molar-refractivity contribution in [2.24, 2.45) is 0 Å². The second-order valence-electron chi connectivity index (χ2n) is 7.72. The summed E-state index contributed by atoms with van der Waals surface area (Å²) in [5.74, 6) is 0.114. The number of amides is 1. The lowest BCUT2D eigenvalue weighted by Gasteiger charge is -2.38. The van der Waals surface area contributed by atoms with Crippen molar-refractivity contribution < 1.29 is 13.2 Å². The van der Waals surface area contributed by atoms with Crippen molar-refractivity contribution >= 4 is 21.6 Å². The molecule has 2 aromatic rings. The van der Waals surface area contributed by atoms with Gasteiger partial charge in [-0.3, -0.25) is 9.69 Å². The molecule has 1 amide bonds. The first-order chi connectivity index (χ1) is 14.0. The van der Waals surface area contributed by atoms with Crippen LogP contribution in [0.3, 0.4) is 0 Å². The highest BCUT2D eigenvalue weighted by molar-refractivity contribution is 7.88. The smallest absolute Gasteiger partial charge is 0.244 e. The summed E-state index contributed by atoms with van der Waals surface area (Å²) in [7, 11) is -3.35. The quantitative estimate of drug-likeness (QED) is 0.753. The van der Waals surface area contributed by atoms with Gasteiger partial charge in [-0.15, -0.1) is 0 Å². The molecule has 0 spiro atoms. The SMILES string of the molecule is C[C@H](C(=O)N1CCc2ccccc21)N1CCN(S(=O)(=O)Cc2ccccc2)CC1. The second-order valence-corrected chi connectivity index (χ2v) is 9.69. The first-order valence-corrected chi connectivity index (χ1v) is 11.7. The maximum absolute atomic E-state index is 13.1. The number of para-hydroxylation sites is 1. The van der Waals surface area contributed by atoms with Gasteiger partial charge in [0.2, 0.25) is 15.9 Å². The Morgan fingerprint density at radius 3 is 2.31 bits per heavy atom. The van der Waals surface area contributed by atoms with Crippen molar-refractivity contribution in [3.05, 3.63) is 65.7 Å².